The Balaban J connectivity index is 1.53. The minimum Gasteiger partial charge on any atom is -0.349 e. The lowest BCUT2D eigenvalue weighted by Gasteiger charge is -2.18. The van der Waals surface area contributed by atoms with Gasteiger partial charge >= 0.3 is 0 Å². The lowest BCUT2D eigenvalue weighted by Crippen LogP contribution is -2.36. The molecule has 2 N–H and O–H groups in total. The van der Waals surface area contributed by atoms with E-state index in [2.05, 4.69) is 45.3 Å². The van der Waals surface area contributed by atoms with E-state index in [1.54, 1.807) is 6.20 Å². The van der Waals surface area contributed by atoms with E-state index >= 15 is 0 Å². The molecule has 1 aromatic carbocycles. The number of fused-ring (bicyclic) bond motifs is 2. The van der Waals surface area contributed by atoms with Crippen molar-refractivity contribution in [3.63, 3.8) is 0 Å². The fourth-order valence-corrected chi connectivity index (χ4v) is 5.45. The van der Waals surface area contributed by atoms with Gasteiger partial charge in [0.05, 0.1) is 5.69 Å². The molecule has 6 nitrogen and oxygen atoms in total. The first-order valence-electron chi connectivity index (χ1n) is 9.96. The summed E-state index contributed by atoms with van der Waals surface area (Å²) in [6.07, 6.45) is 2.63. The first kappa shape index (κ1) is 18.2. The van der Waals surface area contributed by atoms with Crippen molar-refractivity contribution in [2.45, 2.75) is 38.3 Å². The first-order chi connectivity index (χ1) is 14.2. The van der Waals surface area contributed by atoms with Crippen LogP contribution < -0.4 is 10.6 Å². The maximum Gasteiger partial charge on any atom is 0.268 e. The molecule has 7 heteroatoms. The Labute approximate surface area is 174 Å². The predicted octanol–water partition coefficient (Wildman–Crippen LogP) is 4.05. The predicted molar refractivity (Wildman–Crippen MR) is 117 cm³/mol. The highest BCUT2D eigenvalue weighted by Gasteiger charge is 2.27. The number of carbonyl (C=O) groups excluding carboxylic acids is 1. The monoisotopic (exact) mass is 405 g/mol. The zero-order valence-electron chi connectivity index (χ0n) is 16.6. The number of rotatable bonds is 4. The van der Waals surface area contributed by atoms with E-state index in [0.29, 0.717) is 12.5 Å². The van der Waals surface area contributed by atoms with Gasteiger partial charge in [0.25, 0.3) is 5.91 Å². The summed E-state index contributed by atoms with van der Waals surface area (Å²) in [5.41, 5.74) is 8.60. The van der Waals surface area contributed by atoms with Gasteiger partial charge in [-0.15, -0.1) is 0 Å². The van der Waals surface area contributed by atoms with Crippen LogP contribution in [-0.4, -0.2) is 27.0 Å². The molecule has 0 saturated heterocycles. The van der Waals surface area contributed by atoms with Gasteiger partial charge in [-0.2, -0.15) is 11.8 Å². The highest BCUT2D eigenvalue weighted by atomic mass is 32.2. The highest BCUT2D eigenvalue weighted by molar-refractivity contribution is 7.98. The molecule has 29 heavy (non-hydrogen) atoms. The van der Waals surface area contributed by atoms with Gasteiger partial charge in [-0.05, 0) is 48.2 Å². The van der Waals surface area contributed by atoms with Crippen molar-refractivity contribution in [1.29, 1.82) is 0 Å². The van der Waals surface area contributed by atoms with Crippen LogP contribution in [0.5, 0.6) is 0 Å². The molecule has 0 fully saturated rings. The summed E-state index contributed by atoms with van der Waals surface area (Å²) in [6, 6.07) is 8.39. The van der Waals surface area contributed by atoms with Crippen LogP contribution in [0.25, 0.3) is 11.3 Å². The van der Waals surface area contributed by atoms with E-state index in [-0.39, 0.29) is 5.91 Å². The van der Waals surface area contributed by atoms with Crippen molar-refractivity contribution < 1.29 is 4.79 Å². The molecule has 1 amide bonds. The van der Waals surface area contributed by atoms with Crippen molar-refractivity contribution in [1.82, 2.24) is 19.9 Å². The van der Waals surface area contributed by atoms with Crippen LogP contribution in [0.4, 0.5) is 11.6 Å². The molecule has 0 aliphatic carbocycles. The van der Waals surface area contributed by atoms with Crippen LogP contribution in [0, 0.1) is 6.92 Å². The molecule has 2 aromatic heterocycles. The van der Waals surface area contributed by atoms with Gasteiger partial charge in [0.1, 0.15) is 5.69 Å². The minimum atomic E-state index is -0.00175. The second-order valence-electron chi connectivity index (χ2n) is 7.42. The van der Waals surface area contributed by atoms with Gasteiger partial charge in [-0.25, -0.2) is 9.97 Å². The lowest BCUT2D eigenvalue weighted by molar-refractivity contribution is 0.0926. The van der Waals surface area contributed by atoms with Crippen molar-refractivity contribution in [2.75, 3.05) is 11.9 Å². The third kappa shape index (κ3) is 3.09. The normalized spacial score (nSPS) is 15.0. The number of thioether (sulfide) groups is 1. The Kier molecular flexibility index (Phi) is 4.54. The van der Waals surface area contributed by atoms with E-state index in [1.165, 1.54) is 11.1 Å². The van der Waals surface area contributed by atoms with Crippen LogP contribution in [-0.2, 0) is 24.5 Å². The molecular weight excluding hydrogens is 382 g/mol. The average Bonchev–Trinajstić information content (AvgIpc) is 3.30. The van der Waals surface area contributed by atoms with Gasteiger partial charge in [0, 0.05) is 47.7 Å². The molecule has 2 aliphatic heterocycles. The maximum atomic E-state index is 12.4. The maximum absolute atomic E-state index is 12.4. The van der Waals surface area contributed by atoms with E-state index in [9.17, 15) is 4.79 Å². The molecule has 0 atom stereocenters. The molecular formula is C22H23N5OS. The van der Waals surface area contributed by atoms with E-state index in [1.807, 2.05) is 24.8 Å². The quantitative estimate of drug-likeness (QED) is 0.685. The standard InChI is InChI=1S/C22H23N5OS/c1-3-18-19(13(2)20-21(28)23-8-9-27(18)20)17-6-7-24-22(26-17)25-16-5-4-14-11-29-12-15(14)10-16/h4-7,10H,3,8-9,11-12H2,1-2H3,(H,23,28)(H,24,25,26). The number of hydrogen-bond donors (Lipinski definition) is 2. The number of anilines is 2. The molecule has 3 aromatic rings. The van der Waals surface area contributed by atoms with Crippen LogP contribution in [0.1, 0.15) is 39.8 Å². The fourth-order valence-electron chi connectivity index (χ4n) is 4.36. The average molecular weight is 406 g/mol. The third-order valence-corrected chi connectivity index (χ3v) is 6.70. The Bertz CT molecular complexity index is 1120. The van der Waals surface area contributed by atoms with Gasteiger partial charge < -0.3 is 15.2 Å². The van der Waals surface area contributed by atoms with E-state index in [4.69, 9.17) is 4.98 Å². The Morgan fingerprint density at radius 1 is 1.24 bits per heavy atom. The number of hydrogen-bond acceptors (Lipinski definition) is 5. The summed E-state index contributed by atoms with van der Waals surface area (Å²) in [7, 11) is 0. The second kappa shape index (κ2) is 7.22. The molecule has 148 valence electrons. The summed E-state index contributed by atoms with van der Waals surface area (Å²) >= 11 is 1.94. The summed E-state index contributed by atoms with van der Waals surface area (Å²) in [4.78, 5) is 21.7. The van der Waals surface area contributed by atoms with Crippen molar-refractivity contribution in [3.05, 3.63) is 58.5 Å². The van der Waals surface area contributed by atoms with Crippen LogP contribution in [0.15, 0.2) is 30.5 Å². The van der Waals surface area contributed by atoms with Crippen molar-refractivity contribution in [2.24, 2.45) is 0 Å². The Morgan fingerprint density at radius 2 is 2.10 bits per heavy atom. The smallest absolute Gasteiger partial charge is 0.268 e. The van der Waals surface area contributed by atoms with E-state index in [0.717, 1.165) is 58.4 Å². The summed E-state index contributed by atoms with van der Waals surface area (Å²) < 4.78 is 2.15. The Hall–Kier alpha value is -2.80. The molecule has 4 heterocycles. The largest absolute Gasteiger partial charge is 0.349 e. The van der Waals surface area contributed by atoms with Gasteiger partial charge in [0.2, 0.25) is 5.95 Å². The van der Waals surface area contributed by atoms with Gasteiger partial charge in [0.15, 0.2) is 0 Å². The number of nitrogens with one attached hydrogen (secondary N) is 2. The molecule has 5 rings (SSSR count). The first-order valence-corrected chi connectivity index (χ1v) is 11.1. The summed E-state index contributed by atoms with van der Waals surface area (Å²) in [5.74, 6) is 2.72. The van der Waals surface area contributed by atoms with Crippen LogP contribution in [0.3, 0.4) is 0 Å². The van der Waals surface area contributed by atoms with Crippen molar-refractivity contribution in [3.8, 4) is 11.3 Å². The van der Waals surface area contributed by atoms with Crippen LogP contribution in [0.2, 0.25) is 0 Å². The molecule has 0 saturated carbocycles. The molecule has 0 radical (unpaired) electrons. The van der Waals surface area contributed by atoms with Crippen LogP contribution >= 0.6 is 11.8 Å². The number of amides is 1. The topological polar surface area (TPSA) is 71.8 Å². The SMILES string of the molecule is CCc1c(-c2ccnc(Nc3ccc4c(c3)CSC4)n2)c(C)c2n1CCNC2=O. The highest BCUT2D eigenvalue weighted by Crippen LogP contribution is 2.34. The zero-order valence-corrected chi connectivity index (χ0v) is 17.4. The number of benzene rings is 1. The fraction of sp³-hybridized carbons (Fsp3) is 0.318. The molecule has 0 spiro atoms. The molecule has 0 bridgehead atoms. The Morgan fingerprint density at radius 3 is 2.97 bits per heavy atom. The zero-order chi connectivity index (χ0) is 20.0. The minimum absolute atomic E-state index is 0.00175. The van der Waals surface area contributed by atoms with Crippen molar-refractivity contribution >= 4 is 29.3 Å². The van der Waals surface area contributed by atoms with Gasteiger partial charge in [-0.3, -0.25) is 4.79 Å². The summed E-state index contributed by atoms with van der Waals surface area (Å²) in [5, 5.41) is 6.31. The molecule has 2 aliphatic rings. The number of carbonyl (C=O) groups is 1. The van der Waals surface area contributed by atoms with Gasteiger partial charge in [-0.1, -0.05) is 13.0 Å². The number of nitrogens with zero attached hydrogens (tertiary/aromatic N) is 3. The third-order valence-electron chi connectivity index (χ3n) is 5.67. The summed E-state index contributed by atoms with van der Waals surface area (Å²) in [6.45, 7) is 5.60. The lowest BCUT2D eigenvalue weighted by atomic mass is 10.0. The van der Waals surface area contributed by atoms with E-state index < -0.39 is 0 Å². The second-order valence-corrected chi connectivity index (χ2v) is 8.41. The number of aromatic nitrogens is 3. The molecule has 0 unspecified atom stereocenters.